The van der Waals surface area contributed by atoms with E-state index < -0.39 is 0 Å². The van der Waals surface area contributed by atoms with Crippen LogP contribution in [0.15, 0.2) is 18.2 Å². The molecule has 2 rings (SSSR count). The van der Waals surface area contributed by atoms with E-state index in [-0.39, 0.29) is 12.7 Å². The average Bonchev–Trinajstić information content (AvgIpc) is 2.89. The topological polar surface area (TPSA) is 56.8 Å². The molecule has 0 bridgehead atoms. The van der Waals surface area contributed by atoms with Crippen molar-refractivity contribution in [3.8, 4) is 11.5 Å². The molecule has 1 N–H and O–H groups in total. The number of rotatable bonds is 7. The van der Waals surface area contributed by atoms with Crippen LogP contribution in [0.5, 0.6) is 11.5 Å². The summed E-state index contributed by atoms with van der Waals surface area (Å²) >= 11 is 3.28. The molecule has 1 aromatic rings. The Morgan fingerprint density at radius 1 is 1.32 bits per heavy atom. The highest BCUT2D eigenvalue weighted by Gasteiger charge is 2.15. The first kappa shape index (κ1) is 14.1. The van der Waals surface area contributed by atoms with Gasteiger partial charge >= 0.3 is 0 Å². The zero-order chi connectivity index (χ0) is 13.5. The lowest BCUT2D eigenvalue weighted by molar-refractivity contribution is 0.0944. The molecule has 1 heterocycles. The maximum Gasteiger partial charge on any atom is 0.251 e. The van der Waals surface area contributed by atoms with E-state index in [0.717, 1.165) is 11.8 Å². The minimum Gasteiger partial charge on any atom is -0.454 e. The summed E-state index contributed by atoms with van der Waals surface area (Å²) in [7, 11) is 0. The first-order valence-electron chi connectivity index (χ1n) is 6.13. The molecule has 0 saturated heterocycles. The number of benzene rings is 1. The Bertz CT molecular complexity index is 439. The van der Waals surface area contributed by atoms with E-state index in [4.69, 9.17) is 14.2 Å². The lowest BCUT2D eigenvalue weighted by atomic mass is 10.2. The van der Waals surface area contributed by atoms with E-state index in [0.29, 0.717) is 36.8 Å². The van der Waals surface area contributed by atoms with Crippen LogP contribution in [0.25, 0.3) is 0 Å². The van der Waals surface area contributed by atoms with Crippen molar-refractivity contribution >= 4 is 21.8 Å². The number of halogens is 1. The fourth-order valence-corrected chi connectivity index (χ4v) is 1.90. The molecule has 0 atom stereocenters. The zero-order valence-corrected chi connectivity index (χ0v) is 12.1. The fourth-order valence-electron chi connectivity index (χ4n) is 1.67. The van der Waals surface area contributed by atoms with Crippen LogP contribution < -0.4 is 14.8 Å². The predicted molar refractivity (Wildman–Crippen MR) is 74.1 cm³/mol. The molecule has 0 aromatic heterocycles. The monoisotopic (exact) mass is 329 g/mol. The van der Waals surface area contributed by atoms with Crippen LogP contribution in [0.3, 0.4) is 0 Å². The van der Waals surface area contributed by atoms with Crippen molar-refractivity contribution in [2.75, 3.05) is 31.9 Å². The van der Waals surface area contributed by atoms with Crippen molar-refractivity contribution in [1.82, 2.24) is 5.32 Å². The molecule has 1 aliphatic rings. The molecule has 0 unspecified atom stereocenters. The predicted octanol–water partition coefficient (Wildman–Crippen LogP) is 1.95. The van der Waals surface area contributed by atoms with Crippen molar-refractivity contribution in [3.05, 3.63) is 23.8 Å². The second-order valence-electron chi connectivity index (χ2n) is 3.98. The number of carbonyl (C=O) groups is 1. The number of hydrogen-bond acceptors (Lipinski definition) is 4. The van der Waals surface area contributed by atoms with Crippen LogP contribution in [0.2, 0.25) is 0 Å². The molecule has 104 valence electrons. The Balaban J connectivity index is 1.74. The SMILES string of the molecule is O=C(NCCCOCCBr)c1ccc2c(c1)OCO2. The van der Waals surface area contributed by atoms with Gasteiger partial charge in [-0.2, -0.15) is 0 Å². The quantitative estimate of drug-likeness (QED) is 0.613. The summed E-state index contributed by atoms with van der Waals surface area (Å²) in [5.74, 6) is 1.19. The average molecular weight is 330 g/mol. The smallest absolute Gasteiger partial charge is 0.251 e. The Labute approximate surface area is 120 Å². The van der Waals surface area contributed by atoms with E-state index in [1.807, 2.05) is 0 Å². The van der Waals surface area contributed by atoms with Gasteiger partial charge in [-0.3, -0.25) is 4.79 Å². The van der Waals surface area contributed by atoms with E-state index in [1.54, 1.807) is 18.2 Å². The molecule has 0 radical (unpaired) electrons. The first-order valence-corrected chi connectivity index (χ1v) is 7.25. The van der Waals surface area contributed by atoms with Gasteiger partial charge in [-0.15, -0.1) is 0 Å². The number of hydrogen-bond donors (Lipinski definition) is 1. The van der Waals surface area contributed by atoms with E-state index in [1.165, 1.54) is 0 Å². The summed E-state index contributed by atoms with van der Waals surface area (Å²) in [5.41, 5.74) is 0.575. The molecule has 19 heavy (non-hydrogen) atoms. The van der Waals surface area contributed by atoms with E-state index >= 15 is 0 Å². The number of ether oxygens (including phenoxy) is 3. The van der Waals surface area contributed by atoms with Crippen LogP contribution in [0, 0.1) is 0 Å². The second kappa shape index (κ2) is 7.35. The highest BCUT2D eigenvalue weighted by Crippen LogP contribution is 2.32. The number of amides is 1. The molecular weight excluding hydrogens is 314 g/mol. The molecule has 1 aromatic carbocycles. The maximum atomic E-state index is 11.9. The number of carbonyl (C=O) groups excluding carboxylic acids is 1. The van der Waals surface area contributed by atoms with Crippen LogP contribution >= 0.6 is 15.9 Å². The summed E-state index contributed by atoms with van der Waals surface area (Å²) in [5, 5.41) is 3.67. The van der Waals surface area contributed by atoms with Gasteiger partial charge in [-0.05, 0) is 24.6 Å². The Morgan fingerprint density at radius 3 is 3.00 bits per heavy atom. The van der Waals surface area contributed by atoms with Gasteiger partial charge in [0.2, 0.25) is 6.79 Å². The van der Waals surface area contributed by atoms with Gasteiger partial charge in [0.15, 0.2) is 11.5 Å². The normalized spacial score (nSPS) is 12.5. The van der Waals surface area contributed by atoms with E-state index in [2.05, 4.69) is 21.2 Å². The molecule has 0 aliphatic carbocycles. The van der Waals surface area contributed by atoms with Gasteiger partial charge in [-0.25, -0.2) is 0 Å². The molecule has 1 aliphatic heterocycles. The Morgan fingerprint density at radius 2 is 2.16 bits per heavy atom. The van der Waals surface area contributed by atoms with Crippen molar-refractivity contribution in [3.63, 3.8) is 0 Å². The molecular formula is C13H16BrNO4. The van der Waals surface area contributed by atoms with Crippen LogP contribution in [0.4, 0.5) is 0 Å². The van der Waals surface area contributed by atoms with Crippen molar-refractivity contribution in [1.29, 1.82) is 0 Å². The van der Waals surface area contributed by atoms with Gasteiger partial charge < -0.3 is 19.5 Å². The molecule has 1 amide bonds. The Kier molecular flexibility index (Phi) is 5.47. The van der Waals surface area contributed by atoms with Crippen molar-refractivity contribution in [2.45, 2.75) is 6.42 Å². The van der Waals surface area contributed by atoms with Gasteiger partial charge in [-0.1, -0.05) is 15.9 Å². The molecule has 0 spiro atoms. The van der Waals surface area contributed by atoms with Gasteiger partial charge in [0.1, 0.15) is 0 Å². The molecule has 5 nitrogen and oxygen atoms in total. The molecule has 0 fully saturated rings. The number of fused-ring (bicyclic) bond motifs is 1. The Hall–Kier alpha value is -1.27. The summed E-state index contributed by atoms with van der Waals surface area (Å²) in [6.07, 6.45) is 0.795. The highest BCUT2D eigenvalue weighted by atomic mass is 79.9. The third-order valence-corrected chi connectivity index (χ3v) is 2.93. The second-order valence-corrected chi connectivity index (χ2v) is 4.77. The van der Waals surface area contributed by atoms with Crippen molar-refractivity contribution < 1.29 is 19.0 Å². The maximum absolute atomic E-state index is 11.9. The van der Waals surface area contributed by atoms with Crippen LogP contribution in [0.1, 0.15) is 16.8 Å². The summed E-state index contributed by atoms with van der Waals surface area (Å²) in [6.45, 7) is 2.14. The van der Waals surface area contributed by atoms with Gasteiger partial charge in [0, 0.05) is 24.0 Å². The lowest BCUT2D eigenvalue weighted by Gasteiger charge is -2.06. The van der Waals surface area contributed by atoms with Crippen molar-refractivity contribution in [2.24, 2.45) is 0 Å². The molecule has 6 heteroatoms. The summed E-state index contributed by atoms with van der Waals surface area (Å²) < 4.78 is 15.7. The number of nitrogens with one attached hydrogen (secondary N) is 1. The summed E-state index contributed by atoms with van der Waals surface area (Å²) in [4.78, 5) is 11.9. The highest BCUT2D eigenvalue weighted by molar-refractivity contribution is 9.09. The van der Waals surface area contributed by atoms with Gasteiger partial charge in [0.25, 0.3) is 5.91 Å². The van der Waals surface area contributed by atoms with Crippen LogP contribution in [-0.4, -0.2) is 37.8 Å². The minimum atomic E-state index is -0.112. The first-order chi connectivity index (χ1) is 9.31. The third kappa shape index (κ3) is 4.11. The minimum absolute atomic E-state index is 0.112. The summed E-state index contributed by atoms with van der Waals surface area (Å²) in [6, 6.07) is 5.17. The van der Waals surface area contributed by atoms with Gasteiger partial charge in [0.05, 0.1) is 6.61 Å². The standard InChI is InChI=1S/C13H16BrNO4/c14-4-7-17-6-1-5-15-13(16)10-2-3-11-12(8-10)19-9-18-11/h2-3,8H,1,4-7,9H2,(H,15,16). The number of alkyl halides is 1. The van der Waals surface area contributed by atoms with E-state index in [9.17, 15) is 4.79 Å². The lowest BCUT2D eigenvalue weighted by Crippen LogP contribution is -2.25. The largest absolute Gasteiger partial charge is 0.454 e. The molecule has 0 saturated carbocycles. The zero-order valence-electron chi connectivity index (χ0n) is 10.5. The third-order valence-electron chi connectivity index (χ3n) is 2.61. The fraction of sp³-hybridized carbons (Fsp3) is 0.462. The van der Waals surface area contributed by atoms with Crippen LogP contribution in [-0.2, 0) is 4.74 Å².